The van der Waals surface area contributed by atoms with Gasteiger partial charge in [-0.25, -0.2) is 4.99 Å². The lowest BCUT2D eigenvalue weighted by Gasteiger charge is -2.32. The summed E-state index contributed by atoms with van der Waals surface area (Å²) >= 11 is 0. The van der Waals surface area contributed by atoms with Crippen LogP contribution in [0.1, 0.15) is 25.3 Å². The maximum absolute atomic E-state index is 12.9. The molecule has 26 heavy (non-hydrogen) atoms. The van der Waals surface area contributed by atoms with E-state index in [0.29, 0.717) is 38.4 Å². The molecule has 1 heterocycles. The summed E-state index contributed by atoms with van der Waals surface area (Å²) in [5.74, 6) is 0.512. The number of rotatable bonds is 5. The second-order valence-corrected chi connectivity index (χ2v) is 5.80. The van der Waals surface area contributed by atoms with E-state index >= 15 is 0 Å². The highest BCUT2D eigenvalue weighted by Gasteiger charge is 2.33. The molecule has 0 unspecified atom stereocenters. The number of likely N-dealkylation sites (tertiary alicyclic amines) is 1. The molecule has 0 aromatic heterocycles. The van der Waals surface area contributed by atoms with Gasteiger partial charge >= 0.3 is 6.18 Å². The molecule has 0 spiro atoms. The predicted molar refractivity (Wildman–Crippen MR) is 105 cm³/mol. The number of piperidine rings is 1. The molecular formula is C17H25F3IN3O2. The van der Waals surface area contributed by atoms with Crippen LogP contribution < -0.4 is 10.1 Å². The van der Waals surface area contributed by atoms with Gasteiger partial charge in [0, 0.05) is 19.6 Å². The Hall–Kier alpha value is -1.23. The Bertz CT molecular complexity index is 577. The van der Waals surface area contributed by atoms with Crippen molar-refractivity contribution in [3.8, 4) is 5.75 Å². The number of ether oxygens (including phenoxy) is 1. The minimum Gasteiger partial charge on any atom is -0.491 e. The van der Waals surface area contributed by atoms with Gasteiger partial charge in [-0.15, -0.1) is 24.0 Å². The summed E-state index contributed by atoms with van der Waals surface area (Å²) in [7, 11) is 0. The predicted octanol–water partition coefficient (Wildman–Crippen LogP) is 3.12. The number of nitrogens with zero attached hydrogens (tertiary/aromatic N) is 2. The fraction of sp³-hybridized carbons (Fsp3) is 0.588. The lowest BCUT2D eigenvalue weighted by atomic mass is 10.1. The normalized spacial score (nSPS) is 16.2. The van der Waals surface area contributed by atoms with Crippen LogP contribution in [0.25, 0.3) is 0 Å². The van der Waals surface area contributed by atoms with E-state index in [0.717, 1.165) is 6.07 Å². The maximum atomic E-state index is 12.9. The molecule has 0 atom stereocenters. The van der Waals surface area contributed by atoms with Crippen molar-refractivity contribution in [3.05, 3.63) is 29.8 Å². The van der Waals surface area contributed by atoms with E-state index in [2.05, 4.69) is 10.3 Å². The minimum atomic E-state index is -4.44. The van der Waals surface area contributed by atoms with Crippen molar-refractivity contribution in [3.63, 3.8) is 0 Å². The standard InChI is InChI=1S/C17H24F3N3O2.HI/c1-2-21-16(23-10-7-13(24)8-11-23)22-9-12-25-15-6-4-3-5-14(15)17(18,19)20;/h3-6,13,24H,2,7-12H2,1H3,(H,21,22);1H. The highest BCUT2D eigenvalue weighted by molar-refractivity contribution is 14.0. The summed E-state index contributed by atoms with van der Waals surface area (Å²) in [5, 5.41) is 12.7. The number of aliphatic imine (C=N–C) groups is 1. The molecule has 0 saturated carbocycles. The van der Waals surface area contributed by atoms with Crippen LogP contribution >= 0.6 is 24.0 Å². The molecular weight excluding hydrogens is 462 g/mol. The second-order valence-electron chi connectivity index (χ2n) is 5.80. The molecule has 2 N–H and O–H groups in total. The summed E-state index contributed by atoms with van der Waals surface area (Å²) in [4.78, 5) is 6.45. The quantitative estimate of drug-likeness (QED) is 0.290. The number of para-hydroxylation sites is 1. The first kappa shape index (κ1) is 22.8. The molecule has 0 bridgehead atoms. The van der Waals surface area contributed by atoms with Gasteiger partial charge in [-0.2, -0.15) is 13.2 Å². The smallest absolute Gasteiger partial charge is 0.419 e. The molecule has 2 rings (SSSR count). The number of guanidine groups is 1. The highest BCUT2D eigenvalue weighted by atomic mass is 127. The molecule has 1 aliphatic rings. The number of aliphatic hydroxyl groups is 1. The summed E-state index contributed by atoms with van der Waals surface area (Å²) in [6.45, 7) is 4.33. The average molecular weight is 487 g/mol. The molecule has 0 amide bonds. The van der Waals surface area contributed by atoms with Gasteiger partial charge in [-0.3, -0.25) is 0 Å². The van der Waals surface area contributed by atoms with Gasteiger partial charge in [0.25, 0.3) is 0 Å². The summed E-state index contributed by atoms with van der Waals surface area (Å²) in [6.07, 6.45) is -3.36. The number of hydrogen-bond acceptors (Lipinski definition) is 3. The fourth-order valence-electron chi connectivity index (χ4n) is 2.64. The third kappa shape index (κ3) is 6.82. The summed E-state index contributed by atoms with van der Waals surface area (Å²) in [5.41, 5.74) is -0.782. The number of aliphatic hydroxyl groups excluding tert-OH is 1. The lowest BCUT2D eigenvalue weighted by molar-refractivity contribution is -0.138. The Labute approximate surface area is 168 Å². The van der Waals surface area contributed by atoms with E-state index in [1.165, 1.54) is 18.2 Å². The van der Waals surface area contributed by atoms with E-state index < -0.39 is 11.7 Å². The Morgan fingerprint density at radius 1 is 1.31 bits per heavy atom. The number of hydrogen-bond donors (Lipinski definition) is 2. The van der Waals surface area contributed by atoms with Crippen molar-refractivity contribution in [1.82, 2.24) is 10.2 Å². The zero-order valence-corrected chi connectivity index (χ0v) is 17.0. The minimum absolute atomic E-state index is 0. The van der Waals surface area contributed by atoms with Crippen LogP contribution in [-0.4, -0.2) is 54.9 Å². The lowest BCUT2D eigenvalue weighted by Crippen LogP contribution is -2.46. The zero-order valence-electron chi connectivity index (χ0n) is 14.6. The average Bonchev–Trinajstić information content (AvgIpc) is 2.58. The molecule has 0 aliphatic carbocycles. The van der Waals surface area contributed by atoms with Gasteiger partial charge < -0.3 is 20.1 Å². The third-order valence-electron chi connectivity index (χ3n) is 3.90. The fourth-order valence-corrected chi connectivity index (χ4v) is 2.64. The third-order valence-corrected chi connectivity index (χ3v) is 3.90. The molecule has 1 aliphatic heterocycles. The molecule has 1 aromatic carbocycles. The van der Waals surface area contributed by atoms with Crippen LogP contribution in [0.4, 0.5) is 13.2 Å². The Kier molecular flexibility index (Phi) is 9.48. The topological polar surface area (TPSA) is 57.1 Å². The van der Waals surface area contributed by atoms with Gasteiger partial charge in [-0.1, -0.05) is 12.1 Å². The van der Waals surface area contributed by atoms with Crippen LogP contribution in [0.3, 0.4) is 0 Å². The van der Waals surface area contributed by atoms with Gasteiger partial charge in [0.15, 0.2) is 5.96 Å². The van der Waals surface area contributed by atoms with Gasteiger partial charge in [0.2, 0.25) is 0 Å². The van der Waals surface area contributed by atoms with E-state index in [4.69, 9.17) is 4.74 Å². The van der Waals surface area contributed by atoms with Crippen LogP contribution in [0, 0.1) is 0 Å². The molecule has 9 heteroatoms. The van der Waals surface area contributed by atoms with Gasteiger partial charge in [-0.05, 0) is 31.9 Å². The first-order valence-corrected chi connectivity index (χ1v) is 8.42. The van der Waals surface area contributed by atoms with Gasteiger partial charge in [0.1, 0.15) is 12.4 Å². The zero-order chi connectivity index (χ0) is 18.3. The summed E-state index contributed by atoms with van der Waals surface area (Å²) in [6, 6.07) is 5.16. The molecule has 148 valence electrons. The van der Waals surface area contributed by atoms with Crippen LogP contribution in [-0.2, 0) is 6.18 Å². The van der Waals surface area contributed by atoms with E-state index in [1.807, 2.05) is 11.8 Å². The molecule has 1 aromatic rings. The van der Waals surface area contributed by atoms with E-state index in [9.17, 15) is 18.3 Å². The molecule has 5 nitrogen and oxygen atoms in total. The second kappa shape index (κ2) is 10.8. The monoisotopic (exact) mass is 487 g/mol. The Morgan fingerprint density at radius 3 is 2.58 bits per heavy atom. The maximum Gasteiger partial charge on any atom is 0.419 e. The number of nitrogens with one attached hydrogen (secondary N) is 1. The van der Waals surface area contributed by atoms with Crippen molar-refractivity contribution >= 4 is 29.9 Å². The number of halogens is 4. The van der Waals surface area contributed by atoms with Crippen molar-refractivity contribution in [2.24, 2.45) is 4.99 Å². The van der Waals surface area contributed by atoms with Gasteiger partial charge in [0.05, 0.1) is 18.2 Å². The first-order valence-electron chi connectivity index (χ1n) is 8.42. The highest BCUT2D eigenvalue weighted by Crippen LogP contribution is 2.35. The Morgan fingerprint density at radius 2 is 1.96 bits per heavy atom. The van der Waals surface area contributed by atoms with E-state index in [1.54, 1.807) is 0 Å². The van der Waals surface area contributed by atoms with Crippen molar-refractivity contribution < 1.29 is 23.0 Å². The van der Waals surface area contributed by atoms with Crippen molar-refractivity contribution in [2.75, 3.05) is 32.8 Å². The Balaban J connectivity index is 0.00000338. The van der Waals surface area contributed by atoms with Crippen LogP contribution in [0.2, 0.25) is 0 Å². The largest absolute Gasteiger partial charge is 0.491 e. The number of benzene rings is 1. The van der Waals surface area contributed by atoms with E-state index in [-0.39, 0.29) is 49.0 Å². The van der Waals surface area contributed by atoms with Crippen molar-refractivity contribution in [1.29, 1.82) is 0 Å². The molecule has 1 fully saturated rings. The van der Waals surface area contributed by atoms with Crippen molar-refractivity contribution in [2.45, 2.75) is 32.0 Å². The molecule has 0 radical (unpaired) electrons. The molecule has 1 saturated heterocycles. The summed E-state index contributed by atoms with van der Waals surface area (Å²) < 4.78 is 44.0. The SMILES string of the molecule is CCNC(=NCCOc1ccccc1C(F)(F)F)N1CCC(O)CC1.I. The number of alkyl halides is 3. The van der Waals surface area contributed by atoms with Crippen LogP contribution in [0.15, 0.2) is 29.3 Å². The first-order chi connectivity index (χ1) is 11.9. The van der Waals surface area contributed by atoms with Crippen LogP contribution in [0.5, 0.6) is 5.75 Å².